The van der Waals surface area contributed by atoms with Crippen molar-refractivity contribution in [2.45, 2.75) is 31.6 Å². The molecule has 152 valence electrons. The van der Waals surface area contributed by atoms with Gasteiger partial charge in [-0.2, -0.15) is 5.26 Å². The van der Waals surface area contributed by atoms with Gasteiger partial charge in [-0.15, -0.1) is 0 Å². The van der Waals surface area contributed by atoms with Crippen LogP contribution >= 0.6 is 0 Å². The van der Waals surface area contributed by atoms with Gasteiger partial charge < -0.3 is 14.8 Å². The largest absolute Gasteiger partial charge is 0.338 e. The van der Waals surface area contributed by atoms with Crippen molar-refractivity contribution in [1.82, 2.24) is 19.8 Å². The molecule has 0 aliphatic carbocycles. The number of nitrogens with one attached hydrogen (secondary N) is 1. The molecule has 0 bridgehead atoms. The molecule has 29 heavy (non-hydrogen) atoms. The van der Waals surface area contributed by atoms with E-state index in [1.54, 1.807) is 18.3 Å². The number of carbonyl (C=O) groups is 1. The van der Waals surface area contributed by atoms with Crippen LogP contribution in [0.2, 0.25) is 0 Å². The number of aromatic nitrogens is 2. The number of rotatable bonds is 4. The number of likely N-dealkylation sites (tertiary alicyclic amines) is 2. The highest BCUT2D eigenvalue weighted by Gasteiger charge is 2.29. The van der Waals surface area contributed by atoms with Gasteiger partial charge >= 0.3 is 0 Å². The average Bonchev–Trinajstić information content (AvgIpc) is 3.39. The highest BCUT2D eigenvalue weighted by atomic mass is 19.1. The second kappa shape index (κ2) is 8.34. The molecule has 0 radical (unpaired) electrons. The Morgan fingerprint density at radius 1 is 1.31 bits per heavy atom. The topological polar surface area (TPSA) is 76.0 Å². The van der Waals surface area contributed by atoms with E-state index in [1.165, 1.54) is 6.07 Å². The van der Waals surface area contributed by atoms with Gasteiger partial charge in [0.2, 0.25) is 0 Å². The van der Waals surface area contributed by atoms with Gasteiger partial charge in [0.15, 0.2) is 0 Å². The fraction of sp³-hybridized carbons (Fsp3) is 0.500. The molecule has 2 aromatic rings. The first-order valence-corrected chi connectivity index (χ1v) is 10.2. The van der Waals surface area contributed by atoms with Crippen LogP contribution < -0.4 is 0 Å². The number of benzene rings is 1. The maximum Gasteiger partial charge on any atom is 0.271 e. The Morgan fingerprint density at radius 3 is 2.86 bits per heavy atom. The molecule has 0 spiro atoms. The van der Waals surface area contributed by atoms with Crippen LogP contribution in [0.1, 0.15) is 52.6 Å². The molecule has 2 fully saturated rings. The predicted molar refractivity (Wildman–Crippen MR) is 107 cm³/mol. The van der Waals surface area contributed by atoms with Crippen LogP contribution in [-0.2, 0) is 6.42 Å². The minimum Gasteiger partial charge on any atom is -0.338 e. The first kappa shape index (κ1) is 19.6. The number of nitriles is 1. The van der Waals surface area contributed by atoms with Crippen molar-refractivity contribution in [3.63, 3.8) is 0 Å². The summed E-state index contributed by atoms with van der Waals surface area (Å²) in [6.07, 6.45) is 5.43. The first-order chi connectivity index (χ1) is 14.0. The lowest BCUT2D eigenvalue weighted by molar-refractivity contribution is 0.0781. The summed E-state index contributed by atoms with van der Waals surface area (Å²) in [7, 11) is 2.13. The number of imidazole rings is 1. The van der Waals surface area contributed by atoms with E-state index in [1.807, 2.05) is 11.0 Å². The molecule has 3 heterocycles. The van der Waals surface area contributed by atoms with Crippen LogP contribution in [-0.4, -0.2) is 58.9 Å². The molecule has 1 N–H and O–H groups in total. The third kappa shape index (κ3) is 4.33. The van der Waals surface area contributed by atoms with E-state index in [-0.39, 0.29) is 11.5 Å². The maximum absolute atomic E-state index is 13.5. The molecule has 2 saturated heterocycles. The summed E-state index contributed by atoms with van der Waals surface area (Å²) in [5.41, 5.74) is 1.58. The van der Waals surface area contributed by atoms with Crippen molar-refractivity contribution in [3.05, 3.63) is 52.9 Å². The standard InChI is InChI=1S/C22H26FN5O/c1-27-7-5-17(6-8-27)21-25-13-20(26-21)22(29)28-9-4-16(14-28)10-15-2-3-19(23)18(11-15)12-24/h2-3,11,13,16-17H,4-10,14H2,1H3,(H,25,26). The zero-order valence-corrected chi connectivity index (χ0v) is 16.7. The van der Waals surface area contributed by atoms with Crippen molar-refractivity contribution in [1.29, 1.82) is 5.26 Å². The molecule has 1 atom stereocenters. The summed E-state index contributed by atoms with van der Waals surface area (Å²) in [6, 6.07) is 6.57. The number of aromatic amines is 1. The van der Waals surface area contributed by atoms with Crippen LogP contribution in [0, 0.1) is 23.1 Å². The number of hydrogen-bond acceptors (Lipinski definition) is 4. The summed E-state index contributed by atoms with van der Waals surface area (Å²) in [5, 5.41) is 9.00. The Bertz CT molecular complexity index is 926. The SMILES string of the molecule is CN1CCC(c2ncc(C(=O)N3CCC(Cc4ccc(F)c(C#N)c4)C3)[nH]2)CC1. The van der Waals surface area contributed by atoms with Gasteiger partial charge in [0, 0.05) is 19.0 Å². The summed E-state index contributed by atoms with van der Waals surface area (Å²) < 4.78 is 13.5. The van der Waals surface area contributed by atoms with Crippen molar-refractivity contribution in [2.24, 2.45) is 5.92 Å². The van der Waals surface area contributed by atoms with E-state index in [0.717, 1.165) is 50.2 Å². The highest BCUT2D eigenvalue weighted by Crippen LogP contribution is 2.27. The number of piperidine rings is 1. The van der Waals surface area contributed by atoms with E-state index >= 15 is 0 Å². The molecule has 6 nitrogen and oxygen atoms in total. The van der Waals surface area contributed by atoms with Gasteiger partial charge in [-0.3, -0.25) is 4.79 Å². The van der Waals surface area contributed by atoms with Gasteiger partial charge in [-0.25, -0.2) is 9.37 Å². The van der Waals surface area contributed by atoms with Crippen molar-refractivity contribution < 1.29 is 9.18 Å². The number of nitrogens with zero attached hydrogens (tertiary/aromatic N) is 4. The lowest BCUT2D eigenvalue weighted by atomic mass is 9.97. The molecule has 2 aliphatic rings. The fourth-order valence-electron chi connectivity index (χ4n) is 4.41. The molecule has 1 amide bonds. The van der Waals surface area contributed by atoms with E-state index in [9.17, 15) is 9.18 Å². The van der Waals surface area contributed by atoms with Crippen LogP contribution in [0.15, 0.2) is 24.4 Å². The second-order valence-electron chi connectivity index (χ2n) is 8.30. The zero-order valence-electron chi connectivity index (χ0n) is 16.7. The van der Waals surface area contributed by atoms with Crippen molar-refractivity contribution in [3.8, 4) is 6.07 Å². The third-order valence-corrected chi connectivity index (χ3v) is 6.18. The number of amides is 1. The normalized spacial score (nSPS) is 20.7. The van der Waals surface area contributed by atoms with Crippen molar-refractivity contribution >= 4 is 5.91 Å². The Labute approximate surface area is 170 Å². The second-order valence-corrected chi connectivity index (χ2v) is 8.30. The molecular weight excluding hydrogens is 369 g/mol. The number of H-pyrrole nitrogens is 1. The van der Waals surface area contributed by atoms with Crippen LogP contribution in [0.3, 0.4) is 0 Å². The van der Waals surface area contributed by atoms with Crippen molar-refractivity contribution in [2.75, 3.05) is 33.2 Å². The number of halogens is 1. The summed E-state index contributed by atoms with van der Waals surface area (Å²) in [6.45, 7) is 3.48. The van der Waals surface area contributed by atoms with E-state index in [2.05, 4.69) is 21.9 Å². The minimum atomic E-state index is -0.487. The van der Waals surface area contributed by atoms with Gasteiger partial charge in [0.05, 0.1) is 11.8 Å². The average molecular weight is 395 g/mol. The number of carbonyl (C=O) groups excluding carboxylic acids is 1. The molecule has 4 rings (SSSR count). The molecule has 7 heteroatoms. The van der Waals surface area contributed by atoms with E-state index < -0.39 is 5.82 Å². The molecular formula is C22H26FN5O. The Kier molecular flexibility index (Phi) is 5.63. The quantitative estimate of drug-likeness (QED) is 0.864. The van der Waals surface area contributed by atoms with Crippen LogP contribution in [0.25, 0.3) is 0 Å². The lowest BCUT2D eigenvalue weighted by Crippen LogP contribution is -2.30. The fourth-order valence-corrected chi connectivity index (χ4v) is 4.41. The smallest absolute Gasteiger partial charge is 0.271 e. The summed E-state index contributed by atoms with van der Waals surface area (Å²) in [5.74, 6) is 1.14. The Hall–Kier alpha value is -2.72. The monoisotopic (exact) mass is 395 g/mol. The predicted octanol–water partition coefficient (Wildman–Crippen LogP) is 2.93. The van der Waals surface area contributed by atoms with Gasteiger partial charge in [0.1, 0.15) is 23.4 Å². The van der Waals surface area contributed by atoms with Gasteiger partial charge in [0.25, 0.3) is 5.91 Å². The van der Waals surface area contributed by atoms with Gasteiger partial charge in [-0.05, 0) is 69.4 Å². The summed E-state index contributed by atoms with van der Waals surface area (Å²) in [4.78, 5) is 24.8. The maximum atomic E-state index is 13.5. The highest BCUT2D eigenvalue weighted by molar-refractivity contribution is 5.92. The zero-order chi connectivity index (χ0) is 20.4. The first-order valence-electron chi connectivity index (χ1n) is 10.2. The van der Waals surface area contributed by atoms with E-state index in [0.29, 0.717) is 30.6 Å². The van der Waals surface area contributed by atoms with Crippen LogP contribution in [0.4, 0.5) is 4.39 Å². The summed E-state index contributed by atoms with van der Waals surface area (Å²) >= 11 is 0. The third-order valence-electron chi connectivity index (χ3n) is 6.18. The molecule has 1 unspecified atom stereocenters. The van der Waals surface area contributed by atoms with Crippen LogP contribution in [0.5, 0.6) is 0 Å². The minimum absolute atomic E-state index is 0.00371. The lowest BCUT2D eigenvalue weighted by Gasteiger charge is -2.27. The molecule has 2 aliphatic heterocycles. The number of hydrogen-bond donors (Lipinski definition) is 1. The molecule has 1 aromatic heterocycles. The van der Waals surface area contributed by atoms with Gasteiger partial charge in [-0.1, -0.05) is 6.07 Å². The molecule has 0 saturated carbocycles. The molecule has 1 aromatic carbocycles. The Morgan fingerprint density at radius 2 is 2.10 bits per heavy atom. The Balaban J connectivity index is 1.36. The van der Waals surface area contributed by atoms with E-state index in [4.69, 9.17) is 5.26 Å².